The minimum absolute atomic E-state index is 0.721. The largest absolute Gasteiger partial charge is 0.377 e. The van der Waals surface area contributed by atoms with Gasteiger partial charge in [0, 0.05) is 19.7 Å². The first-order valence-electron chi connectivity index (χ1n) is 6.26. The van der Waals surface area contributed by atoms with Crippen LogP contribution in [0.4, 0.5) is 0 Å². The molecule has 1 aromatic carbocycles. The molecule has 0 unspecified atom stereocenters. The van der Waals surface area contributed by atoms with Crippen molar-refractivity contribution in [2.75, 3.05) is 40.3 Å². The summed E-state index contributed by atoms with van der Waals surface area (Å²) in [6.07, 6.45) is 1.07. The number of hydrogen-bond donors (Lipinski definition) is 1. The van der Waals surface area contributed by atoms with Crippen molar-refractivity contribution in [3.05, 3.63) is 35.9 Å². The minimum atomic E-state index is 0.721. The SMILES string of the molecule is CN(C)CCNCCCOCc1ccccc1. The van der Waals surface area contributed by atoms with E-state index in [1.165, 1.54) is 5.56 Å². The molecular weight excluding hydrogens is 212 g/mol. The van der Waals surface area contributed by atoms with Gasteiger partial charge in [0.05, 0.1) is 6.61 Å². The zero-order chi connectivity index (χ0) is 12.3. The average Bonchev–Trinajstić information content (AvgIpc) is 2.33. The quantitative estimate of drug-likeness (QED) is 0.661. The summed E-state index contributed by atoms with van der Waals surface area (Å²) in [7, 11) is 4.18. The Balaban J connectivity index is 1.88. The van der Waals surface area contributed by atoms with Gasteiger partial charge in [0.15, 0.2) is 0 Å². The van der Waals surface area contributed by atoms with Crippen molar-refractivity contribution in [3.8, 4) is 0 Å². The summed E-state index contributed by atoms with van der Waals surface area (Å²) in [4.78, 5) is 2.18. The van der Waals surface area contributed by atoms with Crippen molar-refractivity contribution in [1.29, 1.82) is 0 Å². The highest BCUT2D eigenvalue weighted by Crippen LogP contribution is 2.00. The van der Waals surface area contributed by atoms with E-state index in [4.69, 9.17) is 4.74 Å². The van der Waals surface area contributed by atoms with Crippen LogP contribution in [0.2, 0.25) is 0 Å². The maximum absolute atomic E-state index is 5.60. The Morgan fingerprint density at radius 1 is 1.12 bits per heavy atom. The van der Waals surface area contributed by atoms with Gasteiger partial charge in [0.1, 0.15) is 0 Å². The van der Waals surface area contributed by atoms with E-state index in [1.54, 1.807) is 0 Å². The first kappa shape index (κ1) is 14.2. The summed E-state index contributed by atoms with van der Waals surface area (Å²) in [6, 6.07) is 10.3. The second-order valence-electron chi connectivity index (χ2n) is 4.45. The van der Waals surface area contributed by atoms with Gasteiger partial charge in [0.2, 0.25) is 0 Å². The van der Waals surface area contributed by atoms with Gasteiger partial charge in [-0.3, -0.25) is 0 Å². The Kier molecular flexibility index (Phi) is 7.63. The number of rotatable bonds is 9. The van der Waals surface area contributed by atoms with Crippen LogP contribution < -0.4 is 5.32 Å². The van der Waals surface area contributed by atoms with Crippen LogP contribution in [0.3, 0.4) is 0 Å². The smallest absolute Gasteiger partial charge is 0.0716 e. The third kappa shape index (κ3) is 7.91. The van der Waals surface area contributed by atoms with E-state index in [0.717, 1.165) is 39.3 Å². The number of ether oxygens (including phenoxy) is 1. The lowest BCUT2D eigenvalue weighted by Crippen LogP contribution is -2.27. The van der Waals surface area contributed by atoms with Gasteiger partial charge in [-0.25, -0.2) is 0 Å². The molecule has 0 bridgehead atoms. The molecule has 1 aromatic rings. The first-order chi connectivity index (χ1) is 8.29. The fraction of sp³-hybridized carbons (Fsp3) is 0.571. The van der Waals surface area contributed by atoms with Crippen LogP contribution in [-0.4, -0.2) is 45.2 Å². The van der Waals surface area contributed by atoms with Gasteiger partial charge in [-0.2, -0.15) is 0 Å². The second-order valence-corrected chi connectivity index (χ2v) is 4.45. The molecule has 96 valence electrons. The predicted molar refractivity (Wildman–Crippen MR) is 72.1 cm³/mol. The third-order valence-electron chi connectivity index (χ3n) is 2.49. The van der Waals surface area contributed by atoms with Crippen LogP contribution in [0.25, 0.3) is 0 Å². The van der Waals surface area contributed by atoms with E-state index in [2.05, 4.69) is 36.4 Å². The summed E-state index contributed by atoms with van der Waals surface area (Å²) >= 11 is 0. The molecule has 0 aliphatic heterocycles. The summed E-state index contributed by atoms with van der Waals surface area (Å²) in [5.41, 5.74) is 1.24. The molecule has 0 amide bonds. The van der Waals surface area contributed by atoms with Crippen molar-refractivity contribution in [3.63, 3.8) is 0 Å². The molecular formula is C14H24N2O. The molecule has 0 aliphatic rings. The summed E-state index contributed by atoms with van der Waals surface area (Å²) in [5, 5.41) is 3.39. The van der Waals surface area contributed by atoms with Crippen molar-refractivity contribution in [1.82, 2.24) is 10.2 Å². The molecule has 3 nitrogen and oxygen atoms in total. The van der Waals surface area contributed by atoms with Crippen LogP contribution >= 0.6 is 0 Å². The molecule has 3 heteroatoms. The molecule has 1 rings (SSSR count). The maximum atomic E-state index is 5.60. The predicted octanol–water partition coefficient (Wildman–Crippen LogP) is 1.74. The Bertz CT molecular complexity index is 275. The van der Waals surface area contributed by atoms with Gasteiger partial charge in [-0.1, -0.05) is 30.3 Å². The molecule has 1 N–H and O–H groups in total. The van der Waals surface area contributed by atoms with Crippen LogP contribution in [0.15, 0.2) is 30.3 Å². The van der Waals surface area contributed by atoms with Gasteiger partial charge < -0.3 is 15.0 Å². The zero-order valence-corrected chi connectivity index (χ0v) is 11.0. The summed E-state index contributed by atoms with van der Waals surface area (Å²) < 4.78 is 5.60. The summed E-state index contributed by atoms with van der Waals surface area (Å²) in [6.45, 7) is 4.71. The molecule has 17 heavy (non-hydrogen) atoms. The standard InChI is InChI=1S/C14H24N2O/c1-16(2)11-10-15-9-6-12-17-13-14-7-4-3-5-8-14/h3-5,7-8,15H,6,9-13H2,1-2H3. The van der Waals surface area contributed by atoms with E-state index >= 15 is 0 Å². The van der Waals surface area contributed by atoms with Crippen LogP contribution in [0.5, 0.6) is 0 Å². The highest BCUT2D eigenvalue weighted by molar-refractivity contribution is 5.13. The molecule has 0 aliphatic carbocycles. The molecule has 0 radical (unpaired) electrons. The Hall–Kier alpha value is -0.900. The van der Waals surface area contributed by atoms with Crippen molar-refractivity contribution >= 4 is 0 Å². The fourth-order valence-electron chi connectivity index (χ4n) is 1.49. The van der Waals surface area contributed by atoms with Crippen LogP contribution in [-0.2, 0) is 11.3 Å². The van der Waals surface area contributed by atoms with Crippen LogP contribution in [0.1, 0.15) is 12.0 Å². The van der Waals surface area contributed by atoms with Gasteiger partial charge in [-0.15, -0.1) is 0 Å². The lowest BCUT2D eigenvalue weighted by Gasteiger charge is -2.10. The van der Waals surface area contributed by atoms with E-state index in [-0.39, 0.29) is 0 Å². The number of nitrogens with one attached hydrogen (secondary N) is 1. The number of likely N-dealkylation sites (N-methyl/N-ethyl adjacent to an activating group) is 1. The summed E-state index contributed by atoms with van der Waals surface area (Å²) in [5.74, 6) is 0. The normalized spacial score (nSPS) is 11.0. The molecule has 0 fully saturated rings. The monoisotopic (exact) mass is 236 g/mol. The molecule has 0 saturated carbocycles. The van der Waals surface area contributed by atoms with Crippen molar-refractivity contribution < 1.29 is 4.74 Å². The Morgan fingerprint density at radius 3 is 2.59 bits per heavy atom. The number of hydrogen-bond acceptors (Lipinski definition) is 3. The number of benzene rings is 1. The molecule has 0 saturated heterocycles. The molecule has 0 spiro atoms. The third-order valence-corrected chi connectivity index (χ3v) is 2.49. The molecule has 0 atom stereocenters. The van der Waals surface area contributed by atoms with E-state index in [9.17, 15) is 0 Å². The van der Waals surface area contributed by atoms with Crippen molar-refractivity contribution in [2.45, 2.75) is 13.0 Å². The maximum Gasteiger partial charge on any atom is 0.0716 e. The Morgan fingerprint density at radius 2 is 1.88 bits per heavy atom. The Labute approximate surface area is 105 Å². The average molecular weight is 236 g/mol. The lowest BCUT2D eigenvalue weighted by molar-refractivity contribution is 0.118. The van der Waals surface area contributed by atoms with E-state index < -0.39 is 0 Å². The molecule has 0 aromatic heterocycles. The van der Waals surface area contributed by atoms with Crippen LogP contribution in [0, 0.1) is 0 Å². The topological polar surface area (TPSA) is 24.5 Å². The van der Waals surface area contributed by atoms with Gasteiger partial charge >= 0.3 is 0 Å². The minimum Gasteiger partial charge on any atom is -0.377 e. The van der Waals surface area contributed by atoms with Crippen molar-refractivity contribution in [2.24, 2.45) is 0 Å². The number of nitrogens with zero attached hydrogens (tertiary/aromatic N) is 1. The first-order valence-corrected chi connectivity index (χ1v) is 6.26. The van der Waals surface area contributed by atoms with Gasteiger partial charge in [-0.05, 0) is 32.6 Å². The highest BCUT2D eigenvalue weighted by Gasteiger charge is 1.93. The van der Waals surface area contributed by atoms with E-state index in [1.807, 2.05) is 18.2 Å². The highest BCUT2D eigenvalue weighted by atomic mass is 16.5. The zero-order valence-electron chi connectivity index (χ0n) is 11.0. The lowest BCUT2D eigenvalue weighted by atomic mass is 10.2. The fourth-order valence-corrected chi connectivity index (χ4v) is 1.49. The molecule has 0 heterocycles. The van der Waals surface area contributed by atoms with E-state index in [0.29, 0.717) is 0 Å². The van der Waals surface area contributed by atoms with Gasteiger partial charge in [0.25, 0.3) is 0 Å². The second kappa shape index (κ2) is 9.16.